The predicted molar refractivity (Wildman–Crippen MR) is 132 cm³/mol. The SMILES string of the molecule is Oc1ccc(-c2sc3cc(O)ccc3c2Sc2ccc(OCCN3CCCC3)cc2)cc1. The third-order valence-electron chi connectivity index (χ3n) is 5.68. The number of phenols is 2. The third kappa shape index (κ3) is 4.72. The van der Waals surface area contributed by atoms with Gasteiger partial charge in [-0.2, -0.15) is 0 Å². The normalized spacial score (nSPS) is 14.2. The molecular formula is C26H25NO3S2. The van der Waals surface area contributed by atoms with E-state index in [1.54, 1.807) is 41.3 Å². The van der Waals surface area contributed by atoms with Crippen LogP contribution in [0.2, 0.25) is 0 Å². The lowest BCUT2D eigenvalue weighted by Gasteiger charge is -2.15. The minimum absolute atomic E-state index is 0.252. The summed E-state index contributed by atoms with van der Waals surface area (Å²) in [6.45, 7) is 4.08. The molecule has 0 bridgehead atoms. The van der Waals surface area contributed by atoms with E-state index in [1.165, 1.54) is 25.9 Å². The van der Waals surface area contributed by atoms with Gasteiger partial charge >= 0.3 is 0 Å². The molecule has 4 aromatic rings. The summed E-state index contributed by atoms with van der Waals surface area (Å²) in [4.78, 5) is 5.86. The maximum atomic E-state index is 9.95. The Labute approximate surface area is 196 Å². The molecule has 2 heterocycles. The van der Waals surface area contributed by atoms with Crippen molar-refractivity contribution in [2.24, 2.45) is 0 Å². The molecule has 2 N–H and O–H groups in total. The van der Waals surface area contributed by atoms with E-state index in [9.17, 15) is 10.2 Å². The maximum Gasteiger partial charge on any atom is 0.119 e. The monoisotopic (exact) mass is 463 g/mol. The molecule has 0 atom stereocenters. The van der Waals surface area contributed by atoms with Crippen LogP contribution >= 0.6 is 23.1 Å². The maximum absolute atomic E-state index is 9.95. The average molecular weight is 464 g/mol. The van der Waals surface area contributed by atoms with Crippen molar-refractivity contribution in [2.45, 2.75) is 22.6 Å². The number of aromatic hydroxyl groups is 2. The Morgan fingerprint density at radius 1 is 0.875 bits per heavy atom. The number of phenolic OH excluding ortho intramolecular Hbond substituents is 2. The summed E-state index contributed by atoms with van der Waals surface area (Å²) in [7, 11) is 0. The summed E-state index contributed by atoms with van der Waals surface area (Å²) in [5, 5.41) is 20.7. The third-order valence-corrected chi connectivity index (χ3v) is 8.14. The summed E-state index contributed by atoms with van der Waals surface area (Å²) >= 11 is 3.36. The van der Waals surface area contributed by atoms with Gasteiger partial charge in [0.1, 0.15) is 23.9 Å². The lowest BCUT2D eigenvalue weighted by Crippen LogP contribution is -2.25. The average Bonchev–Trinajstić information content (AvgIpc) is 3.43. The van der Waals surface area contributed by atoms with E-state index < -0.39 is 0 Å². The van der Waals surface area contributed by atoms with Gasteiger partial charge in [-0.05, 0) is 98.2 Å². The fourth-order valence-electron chi connectivity index (χ4n) is 3.99. The first kappa shape index (κ1) is 21.2. The van der Waals surface area contributed by atoms with Crippen molar-refractivity contribution in [3.63, 3.8) is 0 Å². The summed E-state index contributed by atoms with van der Waals surface area (Å²) in [5.41, 5.74) is 1.05. The minimum Gasteiger partial charge on any atom is -0.508 e. The van der Waals surface area contributed by atoms with Crippen LogP contribution in [0.1, 0.15) is 12.8 Å². The van der Waals surface area contributed by atoms with Gasteiger partial charge < -0.3 is 14.9 Å². The van der Waals surface area contributed by atoms with Crippen LogP contribution in [0.3, 0.4) is 0 Å². The van der Waals surface area contributed by atoms with Crippen LogP contribution in [-0.4, -0.2) is 41.4 Å². The molecule has 32 heavy (non-hydrogen) atoms. The highest BCUT2D eigenvalue weighted by Crippen LogP contribution is 2.47. The summed E-state index contributed by atoms with van der Waals surface area (Å²) < 4.78 is 6.98. The van der Waals surface area contributed by atoms with Gasteiger partial charge in [0.05, 0.1) is 0 Å². The standard InChI is InChI=1S/C26H25NO3S2/c28-19-5-3-18(4-6-19)25-26(23-12-7-20(29)17-24(23)32-25)31-22-10-8-21(9-11-22)30-16-15-27-13-1-2-14-27/h3-12,17,28-29H,1-2,13-16H2. The molecule has 1 aromatic heterocycles. The Morgan fingerprint density at radius 3 is 2.34 bits per heavy atom. The second kappa shape index (κ2) is 9.45. The van der Waals surface area contributed by atoms with Crippen LogP contribution in [-0.2, 0) is 0 Å². The first-order valence-corrected chi connectivity index (χ1v) is 12.5. The Hall–Kier alpha value is -2.67. The molecule has 1 fully saturated rings. The predicted octanol–water partition coefficient (Wildman–Crippen LogP) is 6.61. The Morgan fingerprint density at radius 2 is 1.59 bits per heavy atom. The number of thiophene rings is 1. The zero-order valence-electron chi connectivity index (χ0n) is 17.7. The Balaban J connectivity index is 1.37. The van der Waals surface area contributed by atoms with Crippen LogP contribution in [0.5, 0.6) is 17.2 Å². The van der Waals surface area contributed by atoms with Gasteiger partial charge in [0.2, 0.25) is 0 Å². The lowest BCUT2D eigenvalue weighted by molar-refractivity contribution is 0.237. The zero-order chi connectivity index (χ0) is 21.9. The zero-order valence-corrected chi connectivity index (χ0v) is 19.3. The second-order valence-electron chi connectivity index (χ2n) is 7.96. The molecule has 0 spiro atoms. The molecule has 0 aliphatic carbocycles. The number of rotatable bonds is 7. The number of benzene rings is 3. The molecule has 4 nitrogen and oxygen atoms in total. The highest BCUT2D eigenvalue weighted by molar-refractivity contribution is 8.00. The van der Waals surface area contributed by atoms with E-state index in [0.717, 1.165) is 49.2 Å². The molecule has 1 aliphatic rings. The summed E-state index contributed by atoms with van der Waals surface area (Å²) in [6.07, 6.45) is 2.60. The van der Waals surface area contributed by atoms with E-state index in [0.29, 0.717) is 0 Å². The minimum atomic E-state index is 0.252. The van der Waals surface area contributed by atoms with Crippen LogP contribution < -0.4 is 4.74 Å². The second-order valence-corrected chi connectivity index (χ2v) is 10.1. The molecule has 0 radical (unpaired) electrons. The highest BCUT2D eigenvalue weighted by atomic mass is 32.2. The van der Waals surface area contributed by atoms with Gasteiger partial charge in [0, 0.05) is 31.3 Å². The van der Waals surface area contributed by atoms with Gasteiger partial charge in [0.15, 0.2) is 0 Å². The van der Waals surface area contributed by atoms with E-state index >= 15 is 0 Å². The topological polar surface area (TPSA) is 52.9 Å². The number of hydrogen-bond acceptors (Lipinski definition) is 6. The van der Waals surface area contributed by atoms with Crippen molar-refractivity contribution in [3.8, 4) is 27.7 Å². The van der Waals surface area contributed by atoms with E-state index in [4.69, 9.17) is 4.74 Å². The Bertz CT molecular complexity index is 1200. The van der Waals surface area contributed by atoms with E-state index in [2.05, 4.69) is 17.0 Å². The number of hydrogen-bond donors (Lipinski definition) is 2. The molecule has 6 heteroatoms. The van der Waals surface area contributed by atoms with Crippen LogP contribution in [0.25, 0.3) is 20.5 Å². The molecular weight excluding hydrogens is 438 g/mol. The number of fused-ring (bicyclic) bond motifs is 1. The van der Waals surface area contributed by atoms with Crippen LogP contribution in [0, 0.1) is 0 Å². The molecule has 0 amide bonds. The van der Waals surface area contributed by atoms with Crippen molar-refractivity contribution in [1.29, 1.82) is 0 Å². The summed E-state index contributed by atoms with van der Waals surface area (Å²) in [6, 6.07) is 21.1. The summed E-state index contributed by atoms with van der Waals surface area (Å²) in [5.74, 6) is 1.41. The fourth-order valence-corrected chi connectivity index (χ4v) is 6.44. The van der Waals surface area contributed by atoms with Gasteiger partial charge in [-0.3, -0.25) is 4.90 Å². The largest absolute Gasteiger partial charge is 0.508 e. The number of nitrogens with zero attached hydrogens (tertiary/aromatic N) is 1. The van der Waals surface area contributed by atoms with Crippen molar-refractivity contribution in [3.05, 3.63) is 66.7 Å². The van der Waals surface area contributed by atoms with Crippen molar-refractivity contribution in [1.82, 2.24) is 4.90 Å². The van der Waals surface area contributed by atoms with Gasteiger partial charge in [-0.1, -0.05) is 11.8 Å². The van der Waals surface area contributed by atoms with Crippen LogP contribution in [0.4, 0.5) is 0 Å². The number of likely N-dealkylation sites (tertiary alicyclic amines) is 1. The molecule has 1 aliphatic heterocycles. The van der Waals surface area contributed by atoms with E-state index in [-0.39, 0.29) is 11.5 Å². The highest BCUT2D eigenvalue weighted by Gasteiger charge is 2.16. The first-order chi connectivity index (χ1) is 15.7. The first-order valence-electron chi connectivity index (χ1n) is 10.8. The fraction of sp³-hybridized carbons (Fsp3) is 0.231. The van der Waals surface area contributed by atoms with Gasteiger partial charge in [-0.15, -0.1) is 11.3 Å². The lowest BCUT2D eigenvalue weighted by atomic mass is 10.1. The molecule has 3 aromatic carbocycles. The van der Waals surface area contributed by atoms with E-state index in [1.807, 2.05) is 36.4 Å². The van der Waals surface area contributed by atoms with Crippen LogP contribution in [0.15, 0.2) is 76.5 Å². The van der Waals surface area contributed by atoms with Crippen molar-refractivity contribution >= 4 is 33.2 Å². The van der Waals surface area contributed by atoms with Crippen molar-refractivity contribution < 1.29 is 14.9 Å². The van der Waals surface area contributed by atoms with Crippen molar-refractivity contribution in [2.75, 3.05) is 26.2 Å². The molecule has 0 saturated carbocycles. The van der Waals surface area contributed by atoms with Gasteiger partial charge in [-0.25, -0.2) is 0 Å². The molecule has 1 saturated heterocycles. The molecule has 164 valence electrons. The smallest absolute Gasteiger partial charge is 0.119 e. The molecule has 0 unspecified atom stereocenters. The van der Waals surface area contributed by atoms with Gasteiger partial charge in [0.25, 0.3) is 0 Å². The molecule has 5 rings (SSSR count). The quantitative estimate of drug-likeness (QED) is 0.323. The Kier molecular flexibility index (Phi) is 6.26. The number of ether oxygens (including phenoxy) is 1.